The predicted molar refractivity (Wildman–Crippen MR) is 84.2 cm³/mol. The van der Waals surface area contributed by atoms with Crippen LogP contribution in [0.25, 0.3) is 0 Å². The Labute approximate surface area is 132 Å². The molecule has 0 aliphatic heterocycles. The Hall–Kier alpha value is -1.40. The van der Waals surface area contributed by atoms with Crippen LogP contribution in [0.3, 0.4) is 0 Å². The van der Waals surface area contributed by atoms with Crippen LogP contribution >= 0.6 is 15.9 Å². The van der Waals surface area contributed by atoms with Crippen LogP contribution in [0.15, 0.2) is 28.9 Å². The van der Waals surface area contributed by atoms with Gasteiger partial charge >= 0.3 is 0 Å². The molecule has 1 aromatic carbocycles. The van der Waals surface area contributed by atoms with Crippen molar-refractivity contribution in [3.63, 3.8) is 0 Å². The molecule has 0 amide bonds. The topological polar surface area (TPSA) is 52.0 Å². The summed E-state index contributed by atoms with van der Waals surface area (Å²) in [6.07, 6.45) is 4.71. The monoisotopic (exact) mass is 350 g/mol. The van der Waals surface area contributed by atoms with E-state index in [0.717, 1.165) is 40.5 Å². The molecule has 0 bridgehead atoms. The van der Waals surface area contributed by atoms with Crippen LogP contribution in [0.1, 0.15) is 24.1 Å². The van der Waals surface area contributed by atoms with E-state index in [1.807, 2.05) is 29.1 Å². The van der Waals surface area contributed by atoms with Crippen molar-refractivity contribution in [3.05, 3.63) is 40.1 Å². The molecule has 0 atom stereocenters. The maximum absolute atomic E-state index is 5.38. The Morgan fingerprint density at radius 2 is 2.29 bits per heavy atom. The Morgan fingerprint density at radius 3 is 3.05 bits per heavy atom. The first-order valence-corrected chi connectivity index (χ1v) is 7.96. The summed E-state index contributed by atoms with van der Waals surface area (Å²) in [5.41, 5.74) is 2.05. The molecular formula is C15H19BrN4O. The van der Waals surface area contributed by atoms with Crippen molar-refractivity contribution in [1.82, 2.24) is 20.3 Å². The van der Waals surface area contributed by atoms with E-state index < -0.39 is 0 Å². The van der Waals surface area contributed by atoms with Gasteiger partial charge < -0.3 is 10.1 Å². The van der Waals surface area contributed by atoms with E-state index in [-0.39, 0.29) is 0 Å². The Balaban J connectivity index is 1.61. The van der Waals surface area contributed by atoms with Gasteiger partial charge in [0.2, 0.25) is 0 Å². The predicted octanol–water partition coefficient (Wildman–Crippen LogP) is 2.60. The van der Waals surface area contributed by atoms with Crippen molar-refractivity contribution in [3.8, 4) is 5.75 Å². The molecule has 0 spiro atoms. The van der Waals surface area contributed by atoms with Gasteiger partial charge in [0.15, 0.2) is 0 Å². The third kappa shape index (κ3) is 4.04. The van der Waals surface area contributed by atoms with Crippen molar-refractivity contribution in [1.29, 1.82) is 0 Å². The van der Waals surface area contributed by atoms with Gasteiger partial charge in [0, 0.05) is 16.6 Å². The molecule has 0 radical (unpaired) electrons. The van der Waals surface area contributed by atoms with E-state index in [0.29, 0.717) is 6.54 Å². The molecule has 1 N–H and O–H groups in total. The van der Waals surface area contributed by atoms with Gasteiger partial charge in [0.05, 0.1) is 25.5 Å². The van der Waals surface area contributed by atoms with Crippen LogP contribution in [-0.2, 0) is 13.1 Å². The molecule has 1 saturated carbocycles. The highest BCUT2D eigenvalue weighted by molar-refractivity contribution is 9.10. The van der Waals surface area contributed by atoms with Gasteiger partial charge in [-0.15, -0.1) is 5.10 Å². The number of rotatable bonds is 7. The van der Waals surface area contributed by atoms with Crippen LogP contribution in [0.2, 0.25) is 0 Å². The first kappa shape index (κ1) is 14.5. The summed E-state index contributed by atoms with van der Waals surface area (Å²) in [7, 11) is 1.68. The Kier molecular flexibility index (Phi) is 4.55. The molecule has 6 heteroatoms. The Bertz CT molecular complexity index is 609. The zero-order valence-corrected chi connectivity index (χ0v) is 13.6. The first-order valence-electron chi connectivity index (χ1n) is 7.17. The van der Waals surface area contributed by atoms with E-state index in [4.69, 9.17) is 4.74 Å². The number of nitrogens with zero attached hydrogens (tertiary/aromatic N) is 3. The Morgan fingerprint density at radius 1 is 1.43 bits per heavy atom. The van der Waals surface area contributed by atoms with Crippen LogP contribution in [-0.4, -0.2) is 28.6 Å². The molecule has 2 aromatic rings. The molecule has 21 heavy (non-hydrogen) atoms. The van der Waals surface area contributed by atoms with Crippen molar-refractivity contribution in [2.75, 3.05) is 13.7 Å². The maximum atomic E-state index is 5.38. The molecule has 1 heterocycles. The number of nitrogens with one attached hydrogen (secondary N) is 1. The minimum Gasteiger partial charge on any atom is -0.496 e. The lowest BCUT2D eigenvalue weighted by Crippen LogP contribution is -2.16. The molecule has 3 rings (SSSR count). The van der Waals surface area contributed by atoms with E-state index in [1.54, 1.807) is 7.11 Å². The molecule has 1 aliphatic rings. The molecule has 1 aliphatic carbocycles. The quantitative estimate of drug-likeness (QED) is 0.833. The zero-order valence-electron chi connectivity index (χ0n) is 12.1. The molecule has 112 valence electrons. The highest BCUT2D eigenvalue weighted by atomic mass is 79.9. The van der Waals surface area contributed by atoms with Crippen molar-refractivity contribution >= 4 is 15.9 Å². The van der Waals surface area contributed by atoms with Gasteiger partial charge in [0.25, 0.3) is 0 Å². The standard InChI is InChI=1S/C15H19BrN4O/c1-21-15-5-4-13(16)6-12(15)9-20-10-14(18-19-20)8-17-7-11-2-3-11/h4-6,10-11,17H,2-3,7-9H2,1H3. The number of hydrogen-bond donors (Lipinski definition) is 1. The van der Waals surface area contributed by atoms with Gasteiger partial charge in [0.1, 0.15) is 5.75 Å². The summed E-state index contributed by atoms with van der Waals surface area (Å²) in [6.45, 7) is 2.52. The van der Waals surface area contributed by atoms with Gasteiger partial charge in [-0.3, -0.25) is 0 Å². The van der Waals surface area contributed by atoms with Crippen LogP contribution in [0.5, 0.6) is 5.75 Å². The third-order valence-electron chi connectivity index (χ3n) is 3.60. The highest BCUT2D eigenvalue weighted by Gasteiger charge is 2.20. The summed E-state index contributed by atoms with van der Waals surface area (Å²) in [5.74, 6) is 1.74. The lowest BCUT2D eigenvalue weighted by molar-refractivity contribution is 0.407. The van der Waals surface area contributed by atoms with Crippen LogP contribution in [0, 0.1) is 5.92 Å². The molecule has 5 nitrogen and oxygen atoms in total. The fraction of sp³-hybridized carbons (Fsp3) is 0.467. The highest BCUT2D eigenvalue weighted by Crippen LogP contribution is 2.27. The molecule has 0 unspecified atom stereocenters. The minimum atomic E-state index is 0.651. The fourth-order valence-corrected chi connectivity index (χ4v) is 2.68. The second-order valence-corrected chi connectivity index (χ2v) is 6.35. The van der Waals surface area contributed by atoms with E-state index in [1.165, 1.54) is 12.8 Å². The summed E-state index contributed by atoms with van der Waals surface area (Å²) >= 11 is 3.49. The number of benzene rings is 1. The molecule has 1 fully saturated rings. The summed E-state index contributed by atoms with van der Waals surface area (Å²) in [6, 6.07) is 5.97. The maximum Gasteiger partial charge on any atom is 0.124 e. The first-order chi connectivity index (χ1) is 10.2. The smallest absolute Gasteiger partial charge is 0.124 e. The second-order valence-electron chi connectivity index (χ2n) is 5.44. The zero-order chi connectivity index (χ0) is 14.7. The molecule has 1 aromatic heterocycles. The van der Waals surface area contributed by atoms with Crippen LogP contribution in [0.4, 0.5) is 0 Å². The second kappa shape index (κ2) is 6.58. The average Bonchev–Trinajstić information content (AvgIpc) is 3.19. The van der Waals surface area contributed by atoms with Crippen molar-refractivity contribution in [2.24, 2.45) is 5.92 Å². The summed E-state index contributed by atoms with van der Waals surface area (Å²) < 4.78 is 8.26. The number of ether oxygens (including phenoxy) is 1. The van der Waals surface area contributed by atoms with Gasteiger partial charge in [-0.25, -0.2) is 4.68 Å². The van der Waals surface area contributed by atoms with E-state index in [9.17, 15) is 0 Å². The normalized spacial score (nSPS) is 14.4. The summed E-state index contributed by atoms with van der Waals surface area (Å²) in [5, 5.41) is 11.8. The summed E-state index contributed by atoms with van der Waals surface area (Å²) in [4.78, 5) is 0. The lowest BCUT2D eigenvalue weighted by Gasteiger charge is -2.08. The number of hydrogen-bond acceptors (Lipinski definition) is 4. The van der Waals surface area contributed by atoms with Gasteiger partial charge in [-0.05, 0) is 43.5 Å². The number of halogens is 1. The third-order valence-corrected chi connectivity index (χ3v) is 4.09. The number of methoxy groups -OCH3 is 1. The average molecular weight is 351 g/mol. The fourth-order valence-electron chi connectivity index (χ4n) is 2.27. The van der Waals surface area contributed by atoms with Gasteiger partial charge in [-0.2, -0.15) is 0 Å². The number of aromatic nitrogens is 3. The van der Waals surface area contributed by atoms with Crippen molar-refractivity contribution < 1.29 is 4.74 Å². The largest absolute Gasteiger partial charge is 0.496 e. The SMILES string of the molecule is COc1ccc(Br)cc1Cn1cc(CNCC2CC2)nn1. The lowest BCUT2D eigenvalue weighted by atomic mass is 10.2. The van der Waals surface area contributed by atoms with Crippen LogP contribution < -0.4 is 10.1 Å². The molecule has 0 saturated heterocycles. The van der Waals surface area contributed by atoms with Crippen molar-refractivity contribution in [2.45, 2.75) is 25.9 Å². The van der Waals surface area contributed by atoms with Gasteiger partial charge in [-0.1, -0.05) is 21.1 Å². The molecular weight excluding hydrogens is 332 g/mol. The minimum absolute atomic E-state index is 0.651. The van der Waals surface area contributed by atoms with E-state index >= 15 is 0 Å². The van der Waals surface area contributed by atoms with E-state index in [2.05, 4.69) is 31.6 Å².